The molecule has 0 spiro atoms. The molecule has 20 heavy (non-hydrogen) atoms. The van der Waals surface area contributed by atoms with Crippen molar-refractivity contribution in [2.45, 2.75) is 6.92 Å². The first-order chi connectivity index (χ1) is 9.58. The number of ketones is 1. The van der Waals surface area contributed by atoms with Crippen LogP contribution in [0.3, 0.4) is 0 Å². The molecule has 3 aromatic rings. The summed E-state index contributed by atoms with van der Waals surface area (Å²) >= 11 is 6.14. The standard InChI is InChI=1S/C16H11ClFNO/c1-9-5-6-13(18)10(7-9)16(20)11-8-19-14-4-2-3-12(17)15(11)14/h2-8,19H,1H3. The summed E-state index contributed by atoms with van der Waals surface area (Å²) < 4.78 is 13.8. The summed E-state index contributed by atoms with van der Waals surface area (Å²) in [7, 11) is 0. The van der Waals surface area contributed by atoms with E-state index in [2.05, 4.69) is 4.98 Å². The Morgan fingerprint density at radius 2 is 2.00 bits per heavy atom. The first kappa shape index (κ1) is 12.9. The topological polar surface area (TPSA) is 32.9 Å². The first-order valence-corrected chi connectivity index (χ1v) is 6.52. The number of rotatable bonds is 2. The lowest BCUT2D eigenvalue weighted by molar-refractivity contribution is 0.103. The maximum Gasteiger partial charge on any atom is 0.198 e. The molecule has 0 atom stereocenters. The number of aromatic nitrogens is 1. The molecular weight excluding hydrogens is 277 g/mol. The SMILES string of the molecule is Cc1ccc(F)c(C(=O)c2c[nH]c3cccc(Cl)c23)c1. The van der Waals surface area contributed by atoms with Crippen molar-refractivity contribution in [3.05, 3.63) is 70.1 Å². The summed E-state index contributed by atoms with van der Waals surface area (Å²) in [4.78, 5) is 15.5. The van der Waals surface area contributed by atoms with Gasteiger partial charge < -0.3 is 4.98 Å². The largest absolute Gasteiger partial charge is 0.360 e. The molecule has 2 nitrogen and oxygen atoms in total. The van der Waals surface area contributed by atoms with Crippen molar-refractivity contribution in [3.63, 3.8) is 0 Å². The van der Waals surface area contributed by atoms with E-state index in [1.807, 2.05) is 13.0 Å². The molecule has 2 aromatic carbocycles. The second-order valence-electron chi connectivity index (χ2n) is 4.68. The van der Waals surface area contributed by atoms with E-state index in [0.29, 0.717) is 16.0 Å². The molecule has 0 aliphatic rings. The molecule has 0 bridgehead atoms. The van der Waals surface area contributed by atoms with Crippen LogP contribution in [0.15, 0.2) is 42.6 Å². The fraction of sp³-hybridized carbons (Fsp3) is 0.0625. The second kappa shape index (κ2) is 4.76. The van der Waals surface area contributed by atoms with Gasteiger partial charge in [-0.15, -0.1) is 0 Å². The lowest BCUT2D eigenvalue weighted by Crippen LogP contribution is -2.04. The van der Waals surface area contributed by atoms with Gasteiger partial charge in [-0.05, 0) is 31.2 Å². The molecule has 0 saturated carbocycles. The Balaban J connectivity index is 2.21. The van der Waals surface area contributed by atoms with E-state index in [1.54, 1.807) is 30.5 Å². The minimum Gasteiger partial charge on any atom is -0.360 e. The molecule has 0 aliphatic heterocycles. The Hall–Kier alpha value is -2.13. The molecular formula is C16H11ClFNO. The number of carbonyl (C=O) groups excluding carboxylic acids is 1. The minimum atomic E-state index is -0.526. The molecule has 4 heteroatoms. The highest BCUT2D eigenvalue weighted by Gasteiger charge is 2.19. The highest BCUT2D eigenvalue weighted by Crippen LogP contribution is 2.28. The normalized spacial score (nSPS) is 10.9. The van der Waals surface area contributed by atoms with Crippen LogP contribution in [-0.4, -0.2) is 10.8 Å². The Morgan fingerprint density at radius 1 is 1.20 bits per heavy atom. The molecule has 0 aliphatic carbocycles. The van der Waals surface area contributed by atoms with Gasteiger partial charge in [-0.3, -0.25) is 4.79 Å². The van der Waals surface area contributed by atoms with Crippen molar-refractivity contribution in [1.29, 1.82) is 0 Å². The van der Waals surface area contributed by atoms with E-state index >= 15 is 0 Å². The van der Waals surface area contributed by atoms with E-state index in [1.165, 1.54) is 6.07 Å². The molecule has 3 rings (SSSR count). The smallest absolute Gasteiger partial charge is 0.198 e. The number of H-pyrrole nitrogens is 1. The Kier molecular flexibility index (Phi) is 3.07. The van der Waals surface area contributed by atoms with E-state index < -0.39 is 5.82 Å². The number of aryl methyl sites for hydroxylation is 1. The quantitative estimate of drug-likeness (QED) is 0.692. The Morgan fingerprint density at radius 3 is 2.80 bits per heavy atom. The average molecular weight is 288 g/mol. The molecule has 100 valence electrons. The van der Waals surface area contributed by atoms with Gasteiger partial charge in [0.25, 0.3) is 0 Å². The van der Waals surface area contributed by atoms with Crippen LogP contribution in [0.4, 0.5) is 4.39 Å². The zero-order valence-electron chi connectivity index (χ0n) is 10.7. The predicted molar refractivity (Wildman–Crippen MR) is 77.9 cm³/mol. The molecule has 0 amide bonds. The van der Waals surface area contributed by atoms with Crippen LogP contribution in [0.25, 0.3) is 10.9 Å². The minimum absolute atomic E-state index is 0.0609. The van der Waals surface area contributed by atoms with Crippen molar-refractivity contribution in [2.75, 3.05) is 0 Å². The predicted octanol–water partition coefficient (Wildman–Crippen LogP) is 4.50. The third-order valence-corrected chi connectivity index (χ3v) is 3.58. The van der Waals surface area contributed by atoms with Gasteiger partial charge >= 0.3 is 0 Å². The van der Waals surface area contributed by atoms with Gasteiger partial charge in [-0.25, -0.2) is 4.39 Å². The van der Waals surface area contributed by atoms with Crippen molar-refractivity contribution >= 4 is 28.3 Å². The zero-order valence-corrected chi connectivity index (χ0v) is 11.5. The van der Waals surface area contributed by atoms with Gasteiger partial charge in [0.05, 0.1) is 10.6 Å². The highest BCUT2D eigenvalue weighted by molar-refractivity contribution is 6.37. The van der Waals surface area contributed by atoms with Crippen LogP contribution >= 0.6 is 11.6 Å². The molecule has 1 aromatic heterocycles. The van der Waals surface area contributed by atoms with Crippen molar-refractivity contribution in [2.24, 2.45) is 0 Å². The summed E-state index contributed by atoms with van der Waals surface area (Å²) in [6, 6.07) is 9.81. The van der Waals surface area contributed by atoms with E-state index in [-0.39, 0.29) is 11.3 Å². The van der Waals surface area contributed by atoms with Crippen molar-refractivity contribution in [3.8, 4) is 0 Å². The molecule has 1 heterocycles. The van der Waals surface area contributed by atoms with Gasteiger partial charge in [0.15, 0.2) is 5.78 Å². The fourth-order valence-electron chi connectivity index (χ4n) is 2.28. The maximum atomic E-state index is 13.8. The second-order valence-corrected chi connectivity index (χ2v) is 5.08. The first-order valence-electron chi connectivity index (χ1n) is 6.14. The van der Waals surface area contributed by atoms with Gasteiger partial charge in [-0.1, -0.05) is 29.3 Å². The zero-order chi connectivity index (χ0) is 14.3. The number of aromatic amines is 1. The summed E-state index contributed by atoms with van der Waals surface area (Å²) in [5, 5.41) is 1.10. The number of hydrogen-bond acceptors (Lipinski definition) is 1. The lowest BCUT2D eigenvalue weighted by Gasteiger charge is -2.04. The summed E-state index contributed by atoms with van der Waals surface area (Å²) in [6.45, 7) is 1.82. The maximum absolute atomic E-state index is 13.8. The van der Waals surface area contributed by atoms with E-state index in [9.17, 15) is 9.18 Å². The number of nitrogens with one attached hydrogen (secondary N) is 1. The third kappa shape index (κ3) is 2.00. The van der Waals surface area contributed by atoms with E-state index in [4.69, 9.17) is 11.6 Å². The van der Waals surface area contributed by atoms with Crippen molar-refractivity contribution < 1.29 is 9.18 Å². The van der Waals surface area contributed by atoms with Gasteiger partial charge in [-0.2, -0.15) is 0 Å². The van der Waals surface area contributed by atoms with Crippen LogP contribution in [0, 0.1) is 12.7 Å². The van der Waals surface area contributed by atoms with Gasteiger partial charge in [0.1, 0.15) is 5.82 Å². The van der Waals surface area contributed by atoms with Crippen LogP contribution in [0.5, 0.6) is 0 Å². The lowest BCUT2D eigenvalue weighted by atomic mass is 10.0. The summed E-state index contributed by atoms with van der Waals surface area (Å²) in [6.07, 6.45) is 1.57. The molecule has 0 fully saturated rings. The van der Waals surface area contributed by atoms with Crippen LogP contribution < -0.4 is 0 Å². The van der Waals surface area contributed by atoms with Gasteiger partial charge in [0.2, 0.25) is 0 Å². The van der Waals surface area contributed by atoms with Gasteiger partial charge in [0, 0.05) is 22.7 Å². The third-order valence-electron chi connectivity index (χ3n) is 3.27. The van der Waals surface area contributed by atoms with Crippen LogP contribution in [0.2, 0.25) is 5.02 Å². The Bertz CT molecular complexity index is 822. The molecule has 0 saturated heterocycles. The van der Waals surface area contributed by atoms with Crippen molar-refractivity contribution in [1.82, 2.24) is 4.98 Å². The monoisotopic (exact) mass is 287 g/mol. The Labute approximate surface area is 120 Å². The number of fused-ring (bicyclic) bond motifs is 1. The molecule has 0 radical (unpaired) electrons. The fourth-order valence-corrected chi connectivity index (χ4v) is 2.55. The molecule has 1 N–H and O–H groups in total. The van der Waals surface area contributed by atoms with Crippen LogP contribution in [-0.2, 0) is 0 Å². The number of benzene rings is 2. The number of halogens is 2. The number of carbonyl (C=O) groups is 1. The molecule has 0 unspecified atom stereocenters. The highest BCUT2D eigenvalue weighted by atomic mass is 35.5. The number of hydrogen-bond donors (Lipinski definition) is 1. The van der Waals surface area contributed by atoms with Crippen LogP contribution in [0.1, 0.15) is 21.5 Å². The average Bonchev–Trinajstić information content (AvgIpc) is 2.86. The summed E-state index contributed by atoms with van der Waals surface area (Å²) in [5.41, 5.74) is 2.04. The summed E-state index contributed by atoms with van der Waals surface area (Å²) in [5.74, 6) is -0.896. The van der Waals surface area contributed by atoms with E-state index in [0.717, 1.165) is 11.1 Å².